The number of hydrogen-bond donors (Lipinski definition) is 1. The van der Waals surface area contributed by atoms with E-state index in [1.807, 2.05) is 26.8 Å². The second kappa shape index (κ2) is 6.44. The summed E-state index contributed by atoms with van der Waals surface area (Å²) in [6, 6.07) is 0. The largest absolute Gasteiger partial charge is 0.444 e. The Hall–Kier alpha value is -1.95. The molecule has 0 spiro atoms. The van der Waals surface area contributed by atoms with Crippen molar-refractivity contribution in [3.05, 3.63) is 29.9 Å². The van der Waals surface area contributed by atoms with Gasteiger partial charge in [-0.2, -0.15) is 0 Å². The first-order valence-corrected chi connectivity index (χ1v) is 7.40. The second-order valence-corrected chi connectivity index (χ2v) is 6.49. The Balaban J connectivity index is 2.09. The van der Waals surface area contributed by atoms with Gasteiger partial charge >= 0.3 is 6.09 Å². The van der Waals surface area contributed by atoms with Crippen LogP contribution in [-0.4, -0.2) is 44.8 Å². The first-order chi connectivity index (χ1) is 10.3. The van der Waals surface area contributed by atoms with Crippen LogP contribution < -0.4 is 0 Å². The lowest BCUT2D eigenvalue weighted by Gasteiger charge is -2.32. The van der Waals surface area contributed by atoms with Crippen molar-refractivity contribution in [2.75, 3.05) is 13.1 Å². The molecule has 0 aliphatic carbocycles. The molecule has 1 N–H and O–H groups in total. The van der Waals surface area contributed by atoms with Gasteiger partial charge < -0.3 is 14.7 Å². The number of hydrogen-bond acceptors (Lipinski definition) is 5. The van der Waals surface area contributed by atoms with Crippen molar-refractivity contribution in [1.29, 1.82) is 0 Å². The second-order valence-electron chi connectivity index (χ2n) is 6.49. The Morgan fingerprint density at radius 3 is 2.55 bits per heavy atom. The Bertz CT molecular complexity index is 561. The molecule has 0 aromatic carbocycles. The van der Waals surface area contributed by atoms with E-state index in [0.717, 1.165) is 11.1 Å². The highest BCUT2D eigenvalue weighted by Crippen LogP contribution is 2.27. The van der Waals surface area contributed by atoms with Gasteiger partial charge in [-0.15, -0.1) is 0 Å². The van der Waals surface area contributed by atoms with Gasteiger partial charge in [-0.1, -0.05) is 13.0 Å². The van der Waals surface area contributed by atoms with Crippen LogP contribution in [0.25, 0.3) is 5.57 Å². The van der Waals surface area contributed by atoms with Gasteiger partial charge in [0, 0.05) is 31.0 Å². The van der Waals surface area contributed by atoms with Crippen LogP contribution in [0.4, 0.5) is 4.79 Å². The zero-order valence-electron chi connectivity index (χ0n) is 13.5. The highest BCUT2D eigenvalue weighted by molar-refractivity contribution is 5.73. The summed E-state index contributed by atoms with van der Waals surface area (Å²) in [5.74, 6) is 0.577. The van der Waals surface area contributed by atoms with E-state index < -0.39 is 5.60 Å². The third-order valence-corrected chi connectivity index (χ3v) is 3.39. The third-order valence-electron chi connectivity index (χ3n) is 3.39. The smallest absolute Gasteiger partial charge is 0.410 e. The minimum absolute atomic E-state index is 0.165. The van der Waals surface area contributed by atoms with E-state index in [-0.39, 0.29) is 18.6 Å². The first kappa shape index (κ1) is 16.4. The standard InChI is InChI=1S/C16H23N3O3/c1-11-9-19(15(21)22-16(2,3)4)6-5-13(11)12-7-17-14(10-20)18-8-12/h5,7-8,11,20H,6,9-10H2,1-4H3. The van der Waals surface area contributed by atoms with Crippen molar-refractivity contribution in [3.63, 3.8) is 0 Å². The van der Waals surface area contributed by atoms with Gasteiger partial charge in [-0.3, -0.25) is 0 Å². The van der Waals surface area contributed by atoms with E-state index in [1.165, 1.54) is 0 Å². The summed E-state index contributed by atoms with van der Waals surface area (Å²) < 4.78 is 5.40. The van der Waals surface area contributed by atoms with E-state index in [0.29, 0.717) is 18.9 Å². The number of aromatic nitrogens is 2. The monoisotopic (exact) mass is 305 g/mol. The van der Waals surface area contributed by atoms with E-state index in [9.17, 15) is 4.79 Å². The van der Waals surface area contributed by atoms with Crippen molar-refractivity contribution in [2.45, 2.75) is 39.9 Å². The molecule has 0 bridgehead atoms. The van der Waals surface area contributed by atoms with Crippen molar-refractivity contribution in [1.82, 2.24) is 14.9 Å². The third kappa shape index (κ3) is 4.04. The molecule has 1 atom stereocenters. The maximum absolute atomic E-state index is 12.1. The van der Waals surface area contributed by atoms with Gasteiger partial charge in [0.15, 0.2) is 5.82 Å². The van der Waals surface area contributed by atoms with Crippen LogP contribution in [0.3, 0.4) is 0 Å². The van der Waals surface area contributed by atoms with Crippen LogP contribution in [0, 0.1) is 5.92 Å². The molecule has 1 aromatic rings. The molecule has 2 heterocycles. The van der Waals surface area contributed by atoms with Crippen LogP contribution >= 0.6 is 0 Å². The minimum atomic E-state index is -0.488. The minimum Gasteiger partial charge on any atom is -0.444 e. The lowest BCUT2D eigenvalue weighted by Crippen LogP contribution is -2.41. The van der Waals surface area contributed by atoms with Crippen LogP contribution in [0.1, 0.15) is 39.1 Å². The van der Waals surface area contributed by atoms with Crippen LogP contribution in [0.15, 0.2) is 18.5 Å². The van der Waals surface area contributed by atoms with E-state index in [1.54, 1.807) is 17.3 Å². The molecule has 1 unspecified atom stereocenters. The fraction of sp³-hybridized carbons (Fsp3) is 0.562. The zero-order chi connectivity index (χ0) is 16.3. The number of carbonyl (C=O) groups is 1. The van der Waals surface area contributed by atoms with Gasteiger partial charge in [0.05, 0.1) is 0 Å². The van der Waals surface area contributed by atoms with Gasteiger partial charge in [0.1, 0.15) is 12.2 Å². The molecule has 0 saturated heterocycles. The van der Waals surface area contributed by atoms with E-state index >= 15 is 0 Å². The molecule has 0 fully saturated rings. The molecule has 0 radical (unpaired) electrons. The van der Waals surface area contributed by atoms with Crippen molar-refractivity contribution >= 4 is 11.7 Å². The van der Waals surface area contributed by atoms with Crippen LogP contribution in [0.2, 0.25) is 0 Å². The average Bonchev–Trinajstić information content (AvgIpc) is 2.45. The molecule has 22 heavy (non-hydrogen) atoms. The maximum Gasteiger partial charge on any atom is 0.410 e. The molecule has 0 saturated carbocycles. The molecule has 1 amide bonds. The normalized spacial score (nSPS) is 18.9. The summed E-state index contributed by atoms with van der Waals surface area (Å²) in [4.78, 5) is 22.0. The number of amides is 1. The number of carbonyl (C=O) groups excluding carboxylic acids is 1. The van der Waals surface area contributed by atoms with Gasteiger partial charge in [-0.05, 0) is 32.3 Å². The summed E-state index contributed by atoms with van der Waals surface area (Å²) in [7, 11) is 0. The molecule has 2 rings (SSSR count). The quantitative estimate of drug-likeness (QED) is 0.907. The first-order valence-electron chi connectivity index (χ1n) is 7.40. The lowest BCUT2D eigenvalue weighted by molar-refractivity contribution is 0.0252. The summed E-state index contributed by atoms with van der Waals surface area (Å²) in [5, 5.41) is 8.98. The summed E-state index contributed by atoms with van der Waals surface area (Å²) >= 11 is 0. The summed E-state index contributed by atoms with van der Waals surface area (Å²) in [6.45, 7) is 8.58. The number of aliphatic hydroxyl groups is 1. The topological polar surface area (TPSA) is 75.6 Å². The number of ether oxygens (including phenoxy) is 1. The van der Waals surface area contributed by atoms with E-state index in [2.05, 4.69) is 16.9 Å². The molecular weight excluding hydrogens is 282 g/mol. The van der Waals surface area contributed by atoms with Gasteiger partial charge in [0.2, 0.25) is 0 Å². The number of aliphatic hydroxyl groups excluding tert-OH is 1. The summed E-state index contributed by atoms with van der Waals surface area (Å²) in [5.41, 5.74) is 1.55. The Morgan fingerprint density at radius 2 is 2.05 bits per heavy atom. The fourth-order valence-corrected chi connectivity index (χ4v) is 2.38. The van der Waals surface area contributed by atoms with Gasteiger partial charge in [0.25, 0.3) is 0 Å². The SMILES string of the molecule is CC1CN(C(=O)OC(C)(C)C)CC=C1c1cnc(CO)nc1. The van der Waals surface area contributed by atoms with Crippen molar-refractivity contribution < 1.29 is 14.6 Å². The molecule has 1 aromatic heterocycles. The van der Waals surface area contributed by atoms with Crippen LogP contribution in [-0.2, 0) is 11.3 Å². The predicted octanol–water partition coefficient (Wildman–Crippen LogP) is 2.24. The molecule has 6 nitrogen and oxygen atoms in total. The maximum atomic E-state index is 12.1. The fourth-order valence-electron chi connectivity index (χ4n) is 2.38. The number of rotatable bonds is 2. The molecule has 120 valence electrons. The molecule has 1 aliphatic rings. The van der Waals surface area contributed by atoms with Gasteiger partial charge in [-0.25, -0.2) is 14.8 Å². The molecular formula is C16H23N3O3. The van der Waals surface area contributed by atoms with E-state index in [4.69, 9.17) is 9.84 Å². The Labute approximate surface area is 130 Å². The molecule has 6 heteroatoms. The van der Waals surface area contributed by atoms with Crippen molar-refractivity contribution in [3.8, 4) is 0 Å². The Kier molecular flexibility index (Phi) is 4.81. The Morgan fingerprint density at radius 1 is 1.41 bits per heavy atom. The van der Waals surface area contributed by atoms with Crippen LogP contribution in [0.5, 0.6) is 0 Å². The average molecular weight is 305 g/mol. The lowest BCUT2D eigenvalue weighted by atomic mass is 9.92. The number of nitrogens with zero attached hydrogens (tertiary/aromatic N) is 3. The predicted molar refractivity (Wildman–Crippen MR) is 82.9 cm³/mol. The molecule has 1 aliphatic heterocycles. The summed E-state index contributed by atoms with van der Waals surface area (Å²) in [6.07, 6.45) is 5.14. The zero-order valence-corrected chi connectivity index (χ0v) is 13.5. The highest BCUT2D eigenvalue weighted by atomic mass is 16.6. The van der Waals surface area contributed by atoms with Crippen molar-refractivity contribution in [2.24, 2.45) is 5.92 Å². The highest BCUT2D eigenvalue weighted by Gasteiger charge is 2.27.